The van der Waals surface area contributed by atoms with Crippen molar-refractivity contribution in [2.75, 3.05) is 18.9 Å². The summed E-state index contributed by atoms with van der Waals surface area (Å²) in [5.74, 6) is 6.04. The Morgan fingerprint density at radius 2 is 1.81 bits per heavy atom. The van der Waals surface area contributed by atoms with Gasteiger partial charge in [0, 0.05) is 24.0 Å². The molecule has 0 saturated carbocycles. The van der Waals surface area contributed by atoms with Gasteiger partial charge in [0.05, 0.1) is 6.54 Å². The molecule has 0 aliphatic rings. The van der Waals surface area contributed by atoms with Gasteiger partial charge in [-0.3, -0.25) is 9.69 Å². The van der Waals surface area contributed by atoms with Crippen molar-refractivity contribution in [3.8, 4) is 11.8 Å². The Labute approximate surface area is 159 Å². The molecule has 0 aliphatic carbocycles. The number of aromatic nitrogens is 1. The fraction of sp³-hybridized carbons (Fsp3) is 0.130. The molecular weight excluding hydrogens is 334 g/mol. The predicted molar refractivity (Wildman–Crippen MR) is 108 cm³/mol. The van der Waals surface area contributed by atoms with Crippen LogP contribution in [-0.2, 0) is 11.3 Å². The van der Waals surface area contributed by atoms with Crippen LogP contribution < -0.4 is 5.32 Å². The zero-order valence-corrected chi connectivity index (χ0v) is 15.2. The molecule has 134 valence electrons. The molecule has 0 spiro atoms. The number of anilines is 1. The lowest BCUT2D eigenvalue weighted by Crippen LogP contribution is -2.29. The molecule has 4 heteroatoms. The van der Waals surface area contributed by atoms with Gasteiger partial charge in [-0.15, -0.1) is 0 Å². The van der Waals surface area contributed by atoms with Gasteiger partial charge in [0.15, 0.2) is 0 Å². The molecule has 1 N–H and O–H groups in total. The minimum Gasteiger partial charge on any atom is -0.325 e. The zero-order chi connectivity index (χ0) is 18.9. The lowest BCUT2D eigenvalue weighted by molar-refractivity contribution is -0.117. The second kappa shape index (κ2) is 9.33. The number of pyridine rings is 1. The first-order valence-electron chi connectivity index (χ1n) is 8.74. The molecule has 4 nitrogen and oxygen atoms in total. The Balaban J connectivity index is 1.57. The average Bonchev–Trinajstić information content (AvgIpc) is 2.68. The lowest BCUT2D eigenvalue weighted by Gasteiger charge is -2.16. The Morgan fingerprint density at radius 3 is 2.59 bits per heavy atom. The highest BCUT2D eigenvalue weighted by atomic mass is 16.2. The molecule has 1 aromatic heterocycles. The summed E-state index contributed by atoms with van der Waals surface area (Å²) in [7, 11) is 1.93. The SMILES string of the molecule is CN(CC(=O)Nc1cccc(C#Cc2ccccn2)c1)Cc1ccccc1. The van der Waals surface area contributed by atoms with Gasteiger partial charge in [0.1, 0.15) is 5.69 Å². The predicted octanol–water partition coefficient (Wildman–Crippen LogP) is 3.55. The number of nitrogens with zero attached hydrogens (tertiary/aromatic N) is 2. The number of carbonyl (C=O) groups is 1. The van der Waals surface area contributed by atoms with Crippen LogP contribution in [-0.4, -0.2) is 29.4 Å². The first kappa shape index (κ1) is 18.4. The maximum Gasteiger partial charge on any atom is 0.238 e. The van der Waals surface area contributed by atoms with Gasteiger partial charge in [0.2, 0.25) is 5.91 Å². The molecule has 27 heavy (non-hydrogen) atoms. The van der Waals surface area contributed by atoms with E-state index in [9.17, 15) is 4.79 Å². The van der Waals surface area contributed by atoms with Crippen molar-refractivity contribution in [3.05, 3.63) is 95.8 Å². The van der Waals surface area contributed by atoms with E-state index in [1.165, 1.54) is 5.56 Å². The molecule has 3 rings (SSSR count). The van der Waals surface area contributed by atoms with Crippen molar-refractivity contribution in [2.45, 2.75) is 6.54 Å². The summed E-state index contributed by atoms with van der Waals surface area (Å²) in [6, 6.07) is 23.2. The Bertz CT molecular complexity index is 943. The van der Waals surface area contributed by atoms with Gasteiger partial charge < -0.3 is 5.32 Å². The van der Waals surface area contributed by atoms with Crippen LogP contribution in [0, 0.1) is 11.8 Å². The van der Waals surface area contributed by atoms with E-state index in [2.05, 4.69) is 34.3 Å². The summed E-state index contributed by atoms with van der Waals surface area (Å²) in [6.07, 6.45) is 1.71. The molecule has 0 fully saturated rings. The molecule has 3 aromatic rings. The summed E-state index contributed by atoms with van der Waals surface area (Å²) < 4.78 is 0. The van der Waals surface area contributed by atoms with Gasteiger partial charge in [-0.05, 0) is 48.9 Å². The first-order chi connectivity index (χ1) is 13.2. The molecule has 2 aromatic carbocycles. The van der Waals surface area contributed by atoms with Crippen molar-refractivity contribution < 1.29 is 4.79 Å². The summed E-state index contributed by atoms with van der Waals surface area (Å²) >= 11 is 0. The first-order valence-corrected chi connectivity index (χ1v) is 8.74. The van der Waals surface area contributed by atoms with E-state index in [-0.39, 0.29) is 5.91 Å². The number of amides is 1. The normalized spacial score (nSPS) is 10.1. The third-order valence-corrected chi connectivity index (χ3v) is 3.85. The van der Waals surface area contributed by atoms with E-state index in [0.29, 0.717) is 6.54 Å². The Hall–Kier alpha value is -3.42. The highest BCUT2D eigenvalue weighted by Crippen LogP contribution is 2.10. The van der Waals surface area contributed by atoms with E-state index in [1.807, 2.05) is 72.6 Å². The van der Waals surface area contributed by atoms with Crippen LogP contribution >= 0.6 is 0 Å². The maximum absolute atomic E-state index is 12.3. The number of rotatable bonds is 5. The fourth-order valence-corrected chi connectivity index (χ4v) is 2.64. The number of likely N-dealkylation sites (N-methyl/N-ethyl adjacent to an activating group) is 1. The van der Waals surface area contributed by atoms with Crippen molar-refractivity contribution in [3.63, 3.8) is 0 Å². The highest BCUT2D eigenvalue weighted by molar-refractivity contribution is 5.92. The van der Waals surface area contributed by atoms with Crippen LogP contribution in [0.1, 0.15) is 16.8 Å². The second-order valence-electron chi connectivity index (χ2n) is 6.25. The molecule has 0 radical (unpaired) electrons. The van der Waals surface area contributed by atoms with E-state index < -0.39 is 0 Å². The number of benzene rings is 2. The highest BCUT2D eigenvalue weighted by Gasteiger charge is 2.07. The topological polar surface area (TPSA) is 45.2 Å². The minimum absolute atomic E-state index is 0.0525. The van der Waals surface area contributed by atoms with Crippen molar-refractivity contribution in [1.82, 2.24) is 9.88 Å². The van der Waals surface area contributed by atoms with Crippen LogP contribution in [0.4, 0.5) is 5.69 Å². The third-order valence-electron chi connectivity index (χ3n) is 3.85. The Kier molecular flexibility index (Phi) is 6.35. The summed E-state index contributed by atoms with van der Waals surface area (Å²) in [6.45, 7) is 1.04. The maximum atomic E-state index is 12.3. The van der Waals surface area contributed by atoms with Gasteiger partial charge in [-0.2, -0.15) is 0 Å². The monoisotopic (exact) mass is 355 g/mol. The Morgan fingerprint density at radius 1 is 1.00 bits per heavy atom. The van der Waals surface area contributed by atoms with Gasteiger partial charge in [-0.1, -0.05) is 48.4 Å². The number of hydrogen-bond acceptors (Lipinski definition) is 3. The van der Waals surface area contributed by atoms with Crippen molar-refractivity contribution >= 4 is 11.6 Å². The lowest BCUT2D eigenvalue weighted by atomic mass is 10.2. The van der Waals surface area contributed by atoms with Crippen LogP contribution in [0.2, 0.25) is 0 Å². The third kappa shape index (κ3) is 6.10. The van der Waals surface area contributed by atoms with E-state index in [0.717, 1.165) is 23.5 Å². The smallest absolute Gasteiger partial charge is 0.238 e. The minimum atomic E-state index is -0.0525. The fourth-order valence-electron chi connectivity index (χ4n) is 2.64. The summed E-state index contributed by atoms with van der Waals surface area (Å²) in [5, 5.41) is 2.93. The van der Waals surface area contributed by atoms with E-state index >= 15 is 0 Å². The zero-order valence-electron chi connectivity index (χ0n) is 15.2. The molecule has 0 bridgehead atoms. The molecule has 0 atom stereocenters. The standard InChI is InChI=1S/C23H21N3O/c1-26(17-20-8-3-2-4-9-20)18-23(27)25-22-12-7-10-19(16-22)13-14-21-11-5-6-15-24-21/h2-12,15-16H,17-18H2,1H3,(H,25,27). The number of carbonyl (C=O) groups excluding carboxylic acids is 1. The van der Waals surface area contributed by atoms with Crippen LogP contribution in [0.5, 0.6) is 0 Å². The summed E-state index contributed by atoms with van der Waals surface area (Å²) in [5.41, 5.74) is 3.46. The largest absolute Gasteiger partial charge is 0.325 e. The summed E-state index contributed by atoms with van der Waals surface area (Å²) in [4.78, 5) is 18.5. The van der Waals surface area contributed by atoms with Gasteiger partial charge >= 0.3 is 0 Å². The van der Waals surface area contributed by atoms with Gasteiger partial charge in [0.25, 0.3) is 0 Å². The molecule has 0 saturated heterocycles. The molecule has 0 aliphatic heterocycles. The second-order valence-corrected chi connectivity index (χ2v) is 6.25. The average molecular weight is 355 g/mol. The quantitative estimate of drug-likeness (QED) is 0.712. The molecular formula is C23H21N3O. The molecule has 1 amide bonds. The van der Waals surface area contributed by atoms with Crippen LogP contribution in [0.3, 0.4) is 0 Å². The van der Waals surface area contributed by atoms with E-state index in [1.54, 1.807) is 6.20 Å². The molecule has 0 unspecified atom stereocenters. The van der Waals surface area contributed by atoms with E-state index in [4.69, 9.17) is 0 Å². The van der Waals surface area contributed by atoms with Crippen LogP contribution in [0.15, 0.2) is 79.0 Å². The number of nitrogens with one attached hydrogen (secondary N) is 1. The van der Waals surface area contributed by atoms with Crippen molar-refractivity contribution in [1.29, 1.82) is 0 Å². The van der Waals surface area contributed by atoms with Crippen LogP contribution in [0.25, 0.3) is 0 Å². The van der Waals surface area contributed by atoms with Crippen molar-refractivity contribution in [2.24, 2.45) is 0 Å². The molecule has 1 heterocycles. The van der Waals surface area contributed by atoms with Gasteiger partial charge in [-0.25, -0.2) is 4.98 Å². The number of hydrogen-bond donors (Lipinski definition) is 1.